The minimum Gasteiger partial charge on any atom is -0.497 e. The summed E-state index contributed by atoms with van der Waals surface area (Å²) < 4.78 is 17.7. The summed E-state index contributed by atoms with van der Waals surface area (Å²) in [5.74, 6) is 0.00261. The molecule has 3 heterocycles. The minimum atomic E-state index is -2.63. The van der Waals surface area contributed by atoms with Gasteiger partial charge in [0.05, 0.1) is 64.6 Å². The lowest BCUT2D eigenvalue weighted by atomic mass is 9.82. The number of nitrogens with one attached hydrogen (secondary N) is 1. The number of methoxy groups -OCH3 is 2. The number of aliphatic hydroxyl groups is 1. The molecule has 3 amide bonds. The van der Waals surface area contributed by atoms with Crippen LogP contribution in [0.5, 0.6) is 11.5 Å². The molecule has 0 saturated carbocycles. The molecular weight excluding hydrogens is 745 g/mol. The highest BCUT2D eigenvalue weighted by Gasteiger charge is 2.67. The quantitative estimate of drug-likeness (QED) is 0.0997. The van der Waals surface area contributed by atoms with Crippen LogP contribution in [0.25, 0.3) is 0 Å². The summed E-state index contributed by atoms with van der Waals surface area (Å²) in [5, 5.41) is 26.3. The normalized spacial score (nSPS) is 22.8. The number of ether oxygens (including phenoxy) is 3. The third-order valence-electron chi connectivity index (χ3n) is 12.2. The zero-order valence-electron chi connectivity index (χ0n) is 32.8. The van der Waals surface area contributed by atoms with E-state index in [0.717, 1.165) is 11.6 Å². The summed E-state index contributed by atoms with van der Waals surface area (Å²) in [7, 11) is 0.537. The minimum absolute atomic E-state index is 0.00663. The second-order valence-corrected chi connectivity index (χ2v) is 20.3. The average molecular weight is 793 g/mol. The Balaban J connectivity index is 1.26. The van der Waals surface area contributed by atoms with Gasteiger partial charge in [0.25, 0.3) is 17.5 Å². The van der Waals surface area contributed by atoms with Crippen molar-refractivity contribution in [2.24, 2.45) is 5.92 Å². The highest BCUT2D eigenvalue weighted by molar-refractivity contribution is 6.91. The number of anilines is 2. The van der Waals surface area contributed by atoms with Crippen molar-refractivity contribution in [3.8, 4) is 11.5 Å². The molecule has 57 heavy (non-hydrogen) atoms. The van der Waals surface area contributed by atoms with E-state index in [9.17, 15) is 24.8 Å². The summed E-state index contributed by atoms with van der Waals surface area (Å²) in [6.45, 7) is 6.87. The first kappa shape index (κ1) is 39.7. The number of amides is 3. The van der Waals surface area contributed by atoms with E-state index in [2.05, 4.69) is 18.4 Å². The van der Waals surface area contributed by atoms with Crippen LogP contribution >= 0.6 is 0 Å². The van der Waals surface area contributed by atoms with Gasteiger partial charge < -0.3 is 34.4 Å². The number of nitro groups is 1. The van der Waals surface area contributed by atoms with Gasteiger partial charge in [-0.15, -0.1) is 0 Å². The Hall–Kier alpha value is -5.57. The number of nitrogens with zero attached hydrogens (tertiary/aromatic N) is 3. The Bertz CT molecular complexity index is 2180. The van der Waals surface area contributed by atoms with Crippen molar-refractivity contribution < 1.29 is 38.6 Å². The average Bonchev–Trinajstić information content (AvgIpc) is 3.88. The number of fused-ring (bicyclic) bond motifs is 2. The van der Waals surface area contributed by atoms with Crippen molar-refractivity contribution in [2.75, 3.05) is 37.6 Å². The fourth-order valence-electron chi connectivity index (χ4n) is 9.29. The van der Waals surface area contributed by atoms with Gasteiger partial charge in [-0.05, 0) is 78.5 Å². The van der Waals surface area contributed by atoms with Crippen molar-refractivity contribution >= 4 is 48.0 Å². The van der Waals surface area contributed by atoms with E-state index < -0.39 is 30.6 Å². The second-order valence-electron chi connectivity index (χ2n) is 15.7. The van der Waals surface area contributed by atoms with Crippen LogP contribution in [0, 0.1) is 16.0 Å². The molecule has 0 bridgehead atoms. The van der Waals surface area contributed by atoms with Crippen molar-refractivity contribution in [3.05, 3.63) is 118 Å². The Morgan fingerprint density at radius 1 is 1.00 bits per heavy atom. The van der Waals surface area contributed by atoms with Gasteiger partial charge in [-0.25, -0.2) is 0 Å². The first-order valence-electron chi connectivity index (χ1n) is 19.2. The van der Waals surface area contributed by atoms with Gasteiger partial charge in [0.2, 0.25) is 5.91 Å². The van der Waals surface area contributed by atoms with Crippen LogP contribution in [-0.2, 0) is 26.5 Å². The van der Waals surface area contributed by atoms with Gasteiger partial charge >= 0.3 is 0 Å². The van der Waals surface area contributed by atoms with Crippen molar-refractivity contribution in [1.82, 2.24) is 4.90 Å². The number of aliphatic hydroxyl groups excluding tert-OH is 1. The zero-order valence-corrected chi connectivity index (χ0v) is 33.8. The maximum atomic E-state index is 15.3. The first-order chi connectivity index (χ1) is 27.3. The number of non-ortho nitro benzene ring substituents is 1. The van der Waals surface area contributed by atoms with Gasteiger partial charge in [0.15, 0.2) is 5.60 Å². The van der Waals surface area contributed by atoms with Crippen LogP contribution in [0.4, 0.5) is 17.1 Å². The SMILES string of the molecule is COc1ccc(C(=O)Nc2cccc(CN3C(=O)[C@@]4(O[C@@H](CC(=O)N5CCC[C@H]5CO)[C@H]([Si](C)(C)c5ccc(OC)cc5)[C@H]4C)c4cc([N+](=O)[O-])ccc43)c2)cc1. The Labute approximate surface area is 332 Å². The Morgan fingerprint density at radius 2 is 1.68 bits per heavy atom. The fourth-order valence-corrected chi connectivity index (χ4v) is 13.3. The van der Waals surface area contributed by atoms with E-state index in [0.29, 0.717) is 52.5 Å². The number of benzene rings is 4. The lowest BCUT2D eigenvalue weighted by Crippen LogP contribution is -2.52. The van der Waals surface area contributed by atoms with E-state index in [1.54, 1.807) is 72.6 Å². The molecule has 2 saturated heterocycles. The Morgan fingerprint density at radius 3 is 2.33 bits per heavy atom. The highest BCUT2D eigenvalue weighted by Crippen LogP contribution is 2.60. The predicted molar refractivity (Wildman–Crippen MR) is 218 cm³/mol. The molecular formula is C43H48N4O9Si. The van der Waals surface area contributed by atoms with Crippen LogP contribution in [0.1, 0.15) is 47.7 Å². The van der Waals surface area contributed by atoms with Crippen LogP contribution in [0.2, 0.25) is 18.6 Å². The largest absolute Gasteiger partial charge is 0.497 e. The van der Waals surface area contributed by atoms with Gasteiger partial charge in [0, 0.05) is 41.4 Å². The van der Waals surface area contributed by atoms with Crippen LogP contribution in [0.3, 0.4) is 0 Å². The van der Waals surface area contributed by atoms with Crippen LogP contribution in [0.15, 0.2) is 91.0 Å². The molecule has 5 atom stereocenters. The van der Waals surface area contributed by atoms with Crippen LogP contribution in [-0.4, -0.2) is 80.2 Å². The number of nitro benzene ring substituents is 1. The smallest absolute Gasteiger partial charge is 0.269 e. The first-order valence-corrected chi connectivity index (χ1v) is 22.3. The van der Waals surface area contributed by atoms with Crippen molar-refractivity contribution in [3.63, 3.8) is 0 Å². The molecule has 14 heteroatoms. The molecule has 3 aliphatic heterocycles. The van der Waals surface area contributed by atoms with Gasteiger partial charge in [-0.1, -0.05) is 49.5 Å². The molecule has 0 aliphatic carbocycles. The molecule has 4 aromatic rings. The molecule has 4 aromatic carbocycles. The van der Waals surface area contributed by atoms with Gasteiger partial charge in [-0.3, -0.25) is 24.5 Å². The summed E-state index contributed by atoms with van der Waals surface area (Å²) in [5.41, 5.74) is 0.480. The standard InChI is InChI=1S/C43H48N4O9Si/c1-27-40(57(4,5)35-18-16-34(55-3)17-19-35)38(24-39(49)45-21-7-10-32(45)26-48)56-43(27)36-23-31(47(52)53)13-20-37(36)46(42(43)51)25-28-8-6-9-30(22-28)44-41(50)29-11-14-33(54-2)15-12-29/h6,8-9,11-20,22-23,27,32,38,40,48H,7,10,21,24-26H2,1-5H3,(H,44,50)/t27-,32+,38+,40-,43+/m1/s1. The lowest BCUT2D eigenvalue weighted by molar-refractivity contribution is -0.385. The second kappa shape index (κ2) is 15.8. The topological polar surface area (TPSA) is 161 Å². The monoisotopic (exact) mass is 792 g/mol. The number of rotatable bonds is 12. The van der Waals surface area contributed by atoms with Crippen molar-refractivity contribution in [1.29, 1.82) is 0 Å². The molecule has 298 valence electrons. The molecule has 13 nitrogen and oxygen atoms in total. The molecule has 0 radical (unpaired) electrons. The summed E-state index contributed by atoms with van der Waals surface area (Å²) >= 11 is 0. The summed E-state index contributed by atoms with van der Waals surface area (Å²) in [4.78, 5) is 57.6. The number of carbonyl (C=O) groups is 3. The highest BCUT2D eigenvalue weighted by atomic mass is 28.3. The molecule has 1 spiro atoms. The molecule has 0 unspecified atom stereocenters. The maximum absolute atomic E-state index is 15.3. The summed E-state index contributed by atoms with van der Waals surface area (Å²) in [6, 6.07) is 26.0. The van der Waals surface area contributed by atoms with E-state index in [4.69, 9.17) is 14.2 Å². The van der Waals surface area contributed by atoms with E-state index in [1.165, 1.54) is 12.1 Å². The zero-order chi connectivity index (χ0) is 40.6. The third kappa shape index (κ3) is 7.17. The number of hydrogen-bond acceptors (Lipinski definition) is 9. The summed E-state index contributed by atoms with van der Waals surface area (Å²) in [6.07, 6.45) is 0.784. The van der Waals surface area contributed by atoms with E-state index in [-0.39, 0.29) is 54.6 Å². The van der Waals surface area contributed by atoms with E-state index >= 15 is 4.79 Å². The number of likely N-dealkylation sites (tertiary alicyclic amines) is 1. The number of hydrogen-bond donors (Lipinski definition) is 2. The fraction of sp³-hybridized carbons (Fsp3) is 0.372. The van der Waals surface area contributed by atoms with Gasteiger partial charge in [-0.2, -0.15) is 0 Å². The lowest BCUT2D eigenvalue weighted by Gasteiger charge is -2.37. The van der Waals surface area contributed by atoms with Gasteiger partial charge in [0.1, 0.15) is 11.5 Å². The molecule has 3 aliphatic rings. The molecule has 0 aromatic heterocycles. The molecule has 2 N–H and O–H groups in total. The van der Waals surface area contributed by atoms with Crippen molar-refractivity contribution in [2.45, 2.75) is 69.1 Å². The predicted octanol–water partition coefficient (Wildman–Crippen LogP) is 6.00. The molecule has 7 rings (SSSR count). The molecule has 2 fully saturated rings. The third-order valence-corrected chi connectivity index (χ3v) is 16.6. The maximum Gasteiger partial charge on any atom is 0.269 e. The van der Waals surface area contributed by atoms with E-state index in [1.807, 2.05) is 37.3 Å². The Kier molecular flexibility index (Phi) is 11.0. The number of carbonyl (C=O) groups excluding carboxylic acids is 3. The van der Waals surface area contributed by atoms with Crippen LogP contribution < -0.4 is 24.9 Å².